The second-order valence-electron chi connectivity index (χ2n) is 3.85. The van der Waals surface area contributed by atoms with Crippen molar-refractivity contribution in [1.82, 2.24) is 24.7 Å². The van der Waals surface area contributed by atoms with Crippen molar-refractivity contribution >= 4 is 18.4 Å². The zero-order valence-corrected chi connectivity index (χ0v) is 10.8. The summed E-state index contributed by atoms with van der Waals surface area (Å²) >= 11 is 4.38. The van der Waals surface area contributed by atoms with Crippen molar-refractivity contribution in [3.05, 3.63) is 33.8 Å². The molecule has 0 saturated heterocycles. The summed E-state index contributed by atoms with van der Waals surface area (Å²) < 4.78 is 1.43. The third-order valence-electron chi connectivity index (χ3n) is 2.54. The molecule has 2 heterocycles. The number of imidazole rings is 1. The SMILES string of the molecule is Cc1nc(C(S)Cc2ncc([N+](=O)[O-])n2C)n[nH]1. The number of H-pyrrole nitrogens is 1. The van der Waals surface area contributed by atoms with Crippen molar-refractivity contribution in [2.45, 2.75) is 18.6 Å². The highest BCUT2D eigenvalue weighted by Crippen LogP contribution is 2.22. The van der Waals surface area contributed by atoms with Crippen LogP contribution in [0, 0.1) is 17.0 Å². The molecule has 2 rings (SSSR count). The summed E-state index contributed by atoms with van der Waals surface area (Å²) in [7, 11) is 1.60. The summed E-state index contributed by atoms with van der Waals surface area (Å²) in [5.41, 5.74) is 0. The Morgan fingerprint density at radius 1 is 1.67 bits per heavy atom. The van der Waals surface area contributed by atoms with Gasteiger partial charge in [-0.3, -0.25) is 5.10 Å². The van der Waals surface area contributed by atoms with Crippen LogP contribution < -0.4 is 0 Å². The normalized spacial score (nSPS) is 12.6. The largest absolute Gasteiger partial charge is 0.358 e. The molecule has 0 aromatic carbocycles. The predicted molar refractivity (Wildman–Crippen MR) is 66.4 cm³/mol. The van der Waals surface area contributed by atoms with E-state index in [1.54, 1.807) is 14.0 Å². The highest BCUT2D eigenvalue weighted by Gasteiger charge is 2.21. The Hall–Kier alpha value is -1.90. The molecule has 2 aromatic rings. The first kappa shape index (κ1) is 12.6. The molecule has 0 bridgehead atoms. The molecule has 0 saturated carbocycles. The van der Waals surface area contributed by atoms with Crippen LogP contribution in [0.5, 0.6) is 0 Å². The van der Waals surface area contributed by atoms with E-state index in [9.17, 15) is 10.1 Å². The molecule has 0 fully saturated rings. The first-order valence-corrected chi connectivity index (χ1v) is 5.72. The Morgan fingerprint density at radius 2 is 2.39 bits per heavy atom. The van der Waals surface area contributed by atoms with E-state index in [0.29, 0.717) is 23.9 Å². The number of aromatic nitrogens is 5. The van der Waals surface area contributed by atoms with Crippen molar-refractivity contribution < 1.29 is 4.92 Å². The number of aryl methyl sites for hydroxylation is 1. The molecule has 1 atom stereocenters. The lowest BCUT2D eigenvalue weighted by atomic mass is 10.3. The molecule has 1 N–H and O–H groups in total. The molecule has 0 aliphatic heterocycles. The molecule has 0 aliphatic rings. The van der Waals surface area contributed by atoms with Crippen molar-refractivity contribution in [1.29, 1.82) is 0 Å². The Morgan fingerprint density at radius 3 is 2.89 bits per heavy atom. The molecule has 9 heteroatoms. The van der Waals surface area contributed by atoms with Crippen LogP contribution in [0.1, 0.15) is 22.7 Å². The monoisotopic (exact) mass is 268 g/mol. The van der Waals surface area contributed by atoms with Gasteiger partial charge in [0.05, 0.1) is 12.3 Å². The third-order valence-corrected chi connectivity index (χ3v) is 2.95. The van der Waals surface area contributed by atoms with E-state index in [-0.39, 0.29) is 11.1 Å². The van der Waals surface area contributed by atoms with Gasteiger partial charge in [0.2, 0.25) is 0 Å². The van der Waals surface area contributed by atoms with Crippen LogP contribution in [0.4, 0.5) is 5.82 Å². The minimum atomic E-state index is -0.471. The van der Waals surface area contributed by atoms with Crippen LogP contribution in [-0.4, -0.2) is 29.7 Å². The van der Waals surface area contributed by atoms with E-state index in [4.69, 9.17) is 0 Å². The third kappa shape index (κ3) is 2.35. The number of nitrogens with zero attached hydrogens (tertiary/aromatic N) is 5. The van der Waals surface area contributed by atoms with E-state index in [1.165, 1.54) is 10.8 Å². The molecule has 18 heavy (non-hydrogen) atoms. The molecule has 0 amide bonds. The van der Waals surface area contributed by atoms with Gasteiger partial charge in [-0.2, -0.15) is 17.7 Å². The fourth-order valence-corrected chi connectivity index (χ4v) is 1.85. The number of aromatic amines is 1. The van der Waals surface area contributed by atoms with Gasteiger partial charge >= 0.3 is 5.82 Å². The number of hydrogen-bond donors (Lipinski definition) is 2. The van der Waals surface area contributed by atoms with Crippen molar-refractivity contribution in [3.63, 3.8) is 0 Å². The Kier molecular flexibility index (Phi) is 3.32. The van der Waals surface area contributed by atoms with Crippen LogP contribution in [0.3, 0.4) is 0 Å². The number of nitrogens with one attached hydrogen (secondary N) is 1. The minimum absolute atomic E-state index is 0.0447. The van der Waals surface area contributed by atoms with Crippen LogP contribution in [0.25, 0.3) is 0 Å². The van der Waals surface area contributed by atoms with E-state index >= 15 is 0 Å². The van der Waals surface area contributed by atoms with E-state index in [0.717, 1.165) is 0 Å². The van der Waals surface area contributed by atoms with Gasteiger partial charge in [0.25, 0.3) is 0 Å². The highest BCUT2D eigenvalue weighted by molar-refractivity contribution is 7.80. The van der Waals surface area contributed by atoms with Gasteiger partial charge in [-0.15, -0.1) is 0 Å². The van der Waals surface area contributed by atoms with Crippen LogP contribution in [0.15, 0.2) is 6.20 Å². The lowest BCUT2D eigenvalue weighted by Gasteiger charge is -2.03. The van der Waals surface area contributed by atoms with Gasteiger partial charge in [0, 0.05) is 6.42 Å². The fourth-order valence-electron chi connectivity index (χ4n) is 1.57. The predicted octanol–water partition coefficient (Wildman–Crippen LogP) is 0.968. The van der Waals surface area contributed by atoms with Gasteiger partial charge in [-0.25, -0.2) is 14.5 Å². The Balaban J connectivity index is 2.17. The summed E-state index contributed by atoms with van der Waals surface area (Å²) in [4.78, 5) is 18.4. The van der Waals surface area contributed by atoms with Crippen LogP contribution in [-0.2, 0) is 13.5 Å². The standard InChI is InChI=1S/C9H12N6O2S/c1-5-11-9(13-12-5)6(18)3-7-10-4-8(14(7)2)15(16)17/h4,6,18H,3H2,1-2H3,(H,11,12,13). The maximum absolute atomic E-state index is 10.7. The molecule has 8 nitrogen and oxygen atoms in total. The second-order valence-corrected chi connectivity index (χ2v) is 4.47. The summed E-state index contributed by atoms with van der Waals surface area (Å²) in [6, 6.07) is 0. The number of nitro groups is 1. The molecular weight excluding hydrogens is 256 g/mol. The number of thiol groups is 1. The summed E-state index contributed by atoms with van der Waals surface area (Å²) in [5, 5.41) is 17.2. The van der Waals surface area contributed by atoms with E-state index < -0.39 is 4.92 Å². The molecule has 0 spiro atoms. The zero-order chi connectivity index (χ0) is 13.3. The highest BCUT2D eigenvalue weighted by atomic mass is 32.1. The number of hydrogen-bond acceptors (Lipinski definition) is 6. The summed E-state index contributed by atoms with van der Waals surface area (Å²) in [5.74, 6) is 1.79. The zero-order valence-electron chi connectivity index (χ0n) is 9.86. The molecule has 0 aliphatic carbocycles. The van der Waals surface area contributed by atoms with Crippen molar-refractivity contribution in [2.24, 2.45) is 7.05 Å². The Labute approximate surface area is 108 Å². The smallest absolute Gasteiger partial charge is 0.342 e. The maximum atomic E-state index is 10.7. The van der Waals surface area contributed by atoms with E-state index in [2.05, 4.69) is 32.8 Å². The average Bonchev–Trinajstić information content (AvgIpc) is 2.86. The fraction of sp³-hybridized carbons (Fsp3) is 0.444. The first-order valence-electron chi connectivity index (χ1n) is 5.21. The van der Waals surface area contributed by atoms with Crippen molar-refractivity contribution in [3.8, 4) is 0 Å². The minimum Gasteiger partial charge on any atom is -0.358 e. The van der Waals surface area contributed by atoms with E-state index in [1.807, 2.05) is 0 Å². The molecule has 0 radical (unpaired) electrons. The Bertz CT molecular complexity index is 577. The molecule has 2 aromatic heterocycles. The van der Waals surface area contributed by atoms with Gasteiger partial charge in [-0.1, -0.05) is 0 Å². The van der Waals surface area contributed by atoms with Crippen LogP contribution in [0.2, 0.25) is 0 Å². The quantitative estimate of drug-likeness (QED) is 0.488. The topological polar surface area (TPSA) is 103 Å². The van der Waals surface area contributed by atoms with Gasteiger partial charge in [0.1, 0.15) is 12.0 Å². The lowest BCUT2D eigenvalue weighted by molar-refractivity contribution is -0.391. The summed E-state index contributed by atoms with van der Waals surface area (Å²) in [6.45, 7) is 1.79. The second kappa shape index (κ2) is 4.77. The number of rotatable bonds is 4. The summed E-state index contributed by atoms with van der Waals surface area (Å²) in [6.07, 6.45) is 1.66. The van der Waals surface area contributed by atoms with Gasteiger partial charge in [0.15, 0.2) is 11.6 Å². The molecule has 96 valence electrons. The molecule has 1 unspecified atom stereocenters. The van der Waals surface area contributed by atoms with Crippen molar-refractivity contribution in [2.75, 3.05) is 0 Å². The maximum Gasteiger partial charge on any atom is 0.342 e. The van der Waals surface area contributed by atoms with Gasteiger partial charge in [-0.05, 0) is 11.8 Å². The average molecular weight is 268 g/mol. The van der Waals surface area contributed by atoms with Gasteiger partial charge < -0.3 is 10.1 Å². The van der Waals surface area contributed by atoms with Crippen LogP contribution >= 0.6 is 12.6 Å². The molecular formula is C9H12N6O2S. The lowest BCUT2D eigenvalue weighted by Crippen LogP contribution is -2.06. The first-order chi connectivity index (χ1) is 8.49.